The Balaban J connectivity index is 2.83. The van der Waals surface area contributed by atoms with Crippen LogP contribution in [0, 0.1) is 16.7 Å². The monoisotopic (exact) mass is 90.0 g/mol. The molecule has 0 aliphatic rings. The summed E-state index contributed by atoms with van der Waals surface area (Å²) in [5.74, 6) is 0. The van der Waals surface area contributed by atoms with E-state index in [1.54, 1.807) is 0 Å². The van der Waals surface area contributed by atoms with Gasteiger partial charge in [-0.05, 0) is 6.92 Å². The summed E-state index contributed by atoms with van der Waals surface area (Å²) in [6.45, 7) is 2.43. The third-order valence-corrected chi connectivity index (χ3v) is 0.191. The van der Waals surface area contributed by atoms with Crippen LogP contribution in [0.5, 0.6) is 0 Å². The van der Waals surface area contributed by atoms with Crippen molar-refractivity contribution in [3.05, 3.63) is 16.7 Å². The lowest BCUT2D eigenvalue weighted by atomic mass is 10.9. The highest BCUT2D eigenvalue weighted by Crippen LogP contribution is 1.74. The van der Waals surface area contributed by atoms with Crippen LogP contribution in [0.4, 0.5) is 0 Å². The van der Waals surface area contributed by atoms with Gasteiger partial charge >= 0.3 is 0 Å². The van der Waals surface area contributed by atoms with Gasteiger partial charge in [0.15, 0.2) is 0 Å². The average Bonchev–Trinajstić information content (AvgIpc) is 1.35. The Labute approximate surface area is 34.8 Å². The molecule has 4 nitrogen and oxygen atoms in total. The summed E-state index contributed by atoms with van der Waals surface area (Å²) in [5, 5.41) is 8.28. The molecular formula is C2H4NO3. The molecule has 0 aliphatic carbocycles. The first-order valence-electron chi connectivity index (χ1n) is 1.36. The van der Waals surface area contributed by atoms with Gasteiger partial charge in [-0.2, -0.15) is 0 Å². The minimum Gasteiger partial charge on any atom is -0.309 e. The highest BCUT2D eigenvalue weighted by Gasteiger charge is 1.84. The standard InChI is InChI=1S/C2H4NO3/c1-2-6-3(4)5/h2H,1H3. The molecule has 4 heteroatoms. The van der Waals surface area contributed by atoms with Gasteiger partial charge in [0.05, 0.1) is 0 Å². The zero-order chi connectivity index (χ0) is 4.99. The average molecular weight is 90.1 g/mol. The van der Waals surface area contributed by atoms with E-state index in [1.165, 1.54) is 6.92 Å². The second-order valence-electron chi connectivity index (χ2n) is 0.565. The predicted molar refractivity (Wildman–Crippen MR) is 18.1 cm³/mol. The van der Waals surface area contributed by atoms with Gasteiger partial charge in [-0.25, -0.2) is 0 Å². The van der Waals surface area contributed by atoms with Gasteiger partial charge in [-0.3, -0.25) is 0 Å². The van der Waals surface area contributed by atoms with Crippen LogP contribution < -0.4 is 0 Å². The molecule has 0 spiro atoms. The zero-order valence-electron chi connectivity index (χ0n) is 3.25. The van der Waals surface area contributed by atoms with Crippen molar-refractivity contribution in [3.63, 3.8) is 0 Å². The van der Waals surface area contributed by atoms with E-state index < -0.39 is 5.09 Å². The van der Waals surface area contributed by atoms with Crippen molar-refractivity contribution in [1.29, 1.82) is 0 Å². The molecule has 0 amide bonds. The van der Waals surface area contributed by atoms with Crippen LogP contribution in [-0.2, 0) is 4.84 Å². The maximum atomic E-state index is 9.15. The summed E-state index contributed by atoms with van der Waals surface area (Å²) in [4.78, 5) is 12.8. The van der Waals surface area contributed by atoms with Gasteiger partial charge in [-0.15, -0.1) is 10.1 Å². The third-order valence-electron chi connectivity index (χ3n) is 0.191. The highest BCUT2D eigenvalue weighted by molar-refractivity contribution is 4.21. The molecule has 35 valence electrons. The lowest BCUT2D eigenvalue weighted by Gasteiger charge is -1.82. The van der Waals surface area contributed by atoms with E-state index in [4.69, 9.17) is 10.1 Å². The summed E-state index contributed by atoms with van der Waals surface area (Å²) >= 11 is 0. The Kier molecular flexibility index (Phi) is 2.11. The smallest absolute Gasteiger partial charge is 0.294 e. The third kappa shape index (κ3) is 3.20. The van der Waals surface area contributed by atoms with E-state index in [0.29, 0.717) is 0 Å². The first-order chi connectivity index (χ1) is 2.77. The van der Waals surface area contributed by atoms with E-state index in [0.717, 1.165) is 6.61 Å². The summed E-state index contributed by atoms with van der Waals surface area (Å²) in [5.41, 5.74) is 0. The number of hydrogen-bond donors (Lipinski definition) is 0. The quantitative estimate of drug-likeness (QED) is 0.363. The van der Waals surface area contributed by atoms with Gasteiger partial charge in [0.2, 0.25) is 0 Å². The first kappa shape index (κ1) is 5.20. The molecule has 0 aromatic heterocycles. The maximum Gasteiger partial charge on any atom is 0.294 e. The number of hydrogen-bond acceptors (Lipinski definition) is 3. The fourth-order valence-corrected chi connectivity index (χ4v) is 0.0861. The van der Waals surface area contributed by atoms with Crippen LogP contribution in [0.1, 0.15) is 6.92 Å². The molecule has 0 rings (SSSR count). The Morgan fingerprint density at radius 1 is 2.00 bits per heavy atom. The maximum absolute atomic E-state index is 9.15. The molecule has 0 bridgehead atoms. The molecule has 1 radical (unpaired) electrons. The normalized spacial score (nSPS) is 7.50. The number of rotatable bonds is 2. The molecule has 0 N–H and O–H groups in total. The summed E-state index contributed by atoms with van der Waals surface area (Å²) in [6, 6.07) is 0. The van der Waals surface area contributed by atoms with Gasteiger partial charge < -0.3 is 4.84 Å². The Bertz CT molecular complexity index is 52.8. The van der Waals surface area contributed by atoms with E-state index in [9.17, 15) is 0 Å². The van der Waals surface area contributed by atoms with Crippen molar-refractivity contribution in [2.45, 2.75) is 6.92 Å². The molecule has 0 fully saturated rings. The van der Waals surface area contributed by atoms with Crippen LogP contribution in [0.25, 0.3) is 0 Å². The van der Waals surface area contributed by atoms with Crippen LogP contribution in [0.15, 0.2) is 0 Å². The van der Waals surface area contributed by atoms with Crippen molar-refractivity contribution >= 4 is 0 Å². The van der Waals surface area contributed by atoms with Crippen molar-refractivity contribution in [1.82, 2.24) is 0 Å². The molecule has 0 unspecified atom stereocenters. The van der Waals surface area contributed by atoms with Gasteiger partial charge in [0, 0.05) is 0 Å². The van der Waals surface area contributed by atoms with E-state index >= 15 is 0 Å². The number of nitrogens with zero attached hydrogens (tertiary/aromatic N) is 1. The molecule has 0 heterocycles. The molecule has 6 heavy (non-hydrogen) atoms. The molecule has 0 aromatic carbocycles. The largest absolute Gasteiger partial charge is 0.309 e. The Morgan fingerprint density at radius 2 is 2.50 bits per heavy atom. The Hall–Kier alpha value is -0.800. The molecule has 0 saturated carbocycles. The fourth-order valence-electron chi connectivity index (χ4n) is 0.0861. The topological polar surface area (TPSA) is 52.4 Å². The van der Waals surface area contributed by atoms with Gasteiger partial charge in [-0.1, -0.05) is 0 Å². The molecule has 0 atom stereocenters. The molecular weight excluding hydrogens is 86.0 g/mol. The van der Waals surface area contributed by atoms with Gasteiger partial charge in [0.1, 0.15) is 6.61 Å². The van der Waals surface area contributed by atoms with Crippen LogP contribution in [-0.4, -0.2) is 5.09 Å². The minimum absolute atomic E-state index is 0.875. The van der Waals surface area contributed by atoms with Crippen molar-refractivity contribution in [2.75, 3.05) is 0 Å². The van der Waals surface area contributed by atoms with Gasteiger partial charge in [0.25, 0.3) is 5.09 Å². The molecule has 0 aliphatic heterocycles. The van der Waals surface area contributed by atoms with E-state index in [1.807, 2.05) is 0 Å². The van der Waals surface area contributed by atoms with Crippen molar-refractivity contribution in [3.8, 4) is 0 Å². The predicted octanol–water partition coefficient (Wildman–Crippen LogP) is 0.376. The second kappa shape index (κ2) is 2.44. The minimum atomic E-state index is -0.875. The lowest BCUT2D eigenvalue weighted by Crippen LogP contribution is -1.93. The zero-order valence-corrected chi connectivity index (χ0v) is 3.25. The highest BCUT2D eigenvalue weighted by atomic mass is 16.9. The Morgan fingerprint density at radius 3 is 2.50 bits per heavy atom. The van der Waals surface area contributed by atoms with E-state index in [2.05, 4.69) is 4.84 Å². The summed E-state index contributed by atoms with van der Waals surface area (Å²) in [7, 11) is 0. The fraction of sp³-hybridized carbons (Fsp3) is 0.500. The van der Waals surface area contributed by atoms with Crippen molar-refractivity contribution < 1.29 is 9.92 Å². The SMILES string of the molecule is C[CH]O[N+](=O)[O-]. The lowest BCUT2D eigenvalue weighted by molar-refractivity contribution is -0.745. The van der Waals surface area contributed by atoms with Crippen LogP contribution in [0.3, 0.4) is 0 Å². The molecule has 0 aromatic rings. The molecule has 0 saturated heterocycles. The summed E-state index contributed by atoms with van der Waals surface area (Å²) < 4.78 is 0. The van der Waals surface area contributed by atoms with Crippen LogP contribution in [0.2, 0.25) is 0 Å². The second-order valence-corrected chi connectivity index (χ2v) is 0.565. The van der Waals surface area contributed by atoms with Crippen molar-refractivity contribution in [2.24, 2.45) is 0 Å². The first-order valence-corrected chi connectivity index (χ1v) is 1.36. The van der Waals surface area contributed by atoms with Crippen LogP contribution >= 0.6 is 0 Å². The summed E-state index contributed by atoms with van der Waals surface area (Å²) in [6.07, 6.45) is 0. The van der Waals surface area contributed by atoms with E-state index in [-0.39, 0.29) is 0 Å².